The van der Waals surface area contributed by atoms with Crippen LogP contribution in [0.1, 0.15) is 11.4 Å². The van der Waals surface area contributed by atoms with Crippen molar-refractivity contribution in [3.05, 3.63) is 70.5 Å². The minimum Gasteiger partial charge on any atom is -0.504 e. The maximum Gasteiger partial charge on any atom is 0.258 e. The minimum atomic E-state index is -0.217. The molecule has 0 unspecified atom stereocenters. The standard InChI is InChI=1S/C15H14N4O2/c20-13-5-3-7-19-14(21)8-12(18-15(13)19)10-16-9-11-4-1-2-6-17-11/h1-8,16,20H,9-10H2. The van der Waals surface area contributed by atoms with Crippen molar-refractivity contribution >= 4 is 5.65 Å². The summed E-state index contributed by atoms with van der Waals surface area (Å²) in [5, 5.41) is 12.9. The van der Waals surface area contributed by atoms with Gasteiger partial charge in [-0.05, 0) is 24.3 Å². The van der Waals surface area contributed by atoms with Gasteiger partial charge in [0.2, 0.25) is 0 Å². The Labute approximate surface area is 120 Å². The number of pyridine rings is 2. The predicted molar refractivity (Wildman–Crippen MR) is 77.9 cm³/mol. The van der Waals surface area contributed by atoms with E-state index in [0.717, 1.165) is 5.69 Å². The number of hydrogen-bond donors (Lipinski definition) is 2. The Kier molecular flexibility index (Phi) is 3.61. The molecule has 3 aromatic rings. The van der Waals surface area contributed by atoms with Gasteiger partial charge in [0, 0.05) is 31.5 Å². The van der Waals surface area contributed by atoms with Crippen molar-refractivity contribution < 1.29 is 5.11 Å². The first-order valence-corrected chi connectivity index (χ1v) is 6.55. The summed E-state index contributed by atoms with van der Waals surface area (Å²) in [6.07, 6.45) is 3.31. The second-order valence-electron chi connectivity index (χ2n) is 4.60. The molecule has 6 heteroatoms. The molecule has 0 fully saturated rings. The molecule has 0 saturated heterocycles. The number of hydrogen-bond acceptors (Lipinski definition) is 5. The largest absolute Gasteiger partial charge is 0.504 e. The van der Waals surface area contributed by atoms with Crippen LogP contribution in [0, 0.1) is 0 Å². The highest BCUT2D eigenvalue weighted by atomic mass is 16.3. The Bertz CT molecular complexity index is 815. The van der Waals surface area contributed by atoms with Gasteiger partial charge in [0.05, 0.1) is 11.4 Å². The number of nitrogens with one attached hydrogen (secondary N) is 1. The van der Waals surface area contributed by atoms with Crippen LogP contribution >= 0.6 is 0 Å². The van der Waals surface area contributed by atoms with Gasteiger partial charge < -0.3 is 10.4 Å². The Hall–Kier alpha value is -2.73. The lowest BCUT2D eigenvalue weighted by Gasteiger charge is -2.06. The van der Waals surface area contributed by atoms with Gasteiger partial charge >= 0.3 is 0 Å². The maximum atomic E-state index is 12.0. The molecule has 3 rings (SSSR count). The zero-order valence-corrected chi connectivity index (χ0v) is 11.2. The molecule has 0 aliphatic carbocycles. The van der Waals surface area contributed by atoms with E-state index in [-0.39, 0.29) is 17.0 Å². The van der Waals surface area contributed by atoms with Crippen LogP contribution in [0.3, 0.4) is 0 Å². The average Bonchev–Trinajstić information content (AvgIpc) is 2.50. The molecule has 106 valence electrons. The van der Waals surface area contributed by atoms with E-state index in [1.807, 2.05) is 18.2 Å². The third kappa shape index (κ3) is 2.90. The van der Waals surface area contributed by atoms with Crippen LogP contribution in [0.25, 0.3) is 5.65 Å². The van der Waals surface area contributed by atoms with Gasteiger partial charge in [-0.1, -0.05) is 6.07 Å². The fourth-order valence-electron chi connectivity index (χ4n) is 2.07. The molecule has 0 bridgehead atoms. The highest BCUT2D eigenvalue weighted by Gasteiger charge is 2.05. The molecule has 0 aromatic carbocycles. The number of fused-ring (bicyclic) bond motifs is 1. The van der Waals surface area contributed by atoms with E-state index < -0.39 is 0 Å². The molecule has 2 N–H and O–H groups in total. The van der Waals surface area contributed by atoms with Crippen LogP contribution in [0.5, 0.6) is 5.75 Å². The summed E-state index contributed by atoms with van der Waals surface area (Å²) in [5.41, 5.74) is 1.54. The Morgan fingerprint density at radius 2 is 2.00 bits per heavy atom. The monoisotopic (exact) mass is 282 g/mol. The van der Waals surface area contributed by atoms with Crippen LogP contribution in [0.15, 0.2) is 53.6 Å². The molecule has 3 aromatic heterocycles. The predicted octanol–water partition coefficient (Wildman–Crippen LogP) is 1.08. The molecule has 0 radical (unpaired) electrons. The molecular weight excluding hydrogens is 268 g/mol. The van der Waals surface area contributed by atoms with E-state index in [2.05, 4.69) is 15.3 Å². The molecule has 21 heavy (non-hydrogen) atoms. The molecule has 0 aliphatic heterocycles. The summed E-state index contributed by atoms with van der Waals surface area (Å²) in [7, 11) is 0. The Balaban J connectivity index is 1.79. The number of aromatic hydroxyl groups is 1. The quantitative estimate of drug-likeness (QED) is 0.748. The lowest BCUT2D eigenvalue weighted by molar-refractivity contribution is 0.476. The van der Waals surface area contributed by atoms with Gasteiger partial charge in [-0.15, -0.1) is 0 Å². The average molecular weight is 282 g/mol. The zero-order valence-electron chi connectivity index (χ0n) is 11.2. The third-order valence-corrected chi connectivity index (χ3v) is 3.06. The molecule has 0 spiro atoms. The van der Waals surface area contributed by atoms with Crippen molar-refractivity contribution in [2.75, 3.05) is 0 Å². The summed E-state index contributed by atoms with van der Waals surface area (Å²) in [6, 6.07) is 10.3. The first-order chi connectivity index (χ1) is 10.2. The van der Waals surface area contributed by atoms with Crippen molar-refractivity contribution in [2.45, 2.75) is 13.1 Å². The van der Waals surface area contributed by atoms with Crippen LogP contribution in [0.2, 0.25) is 0 Å². The van der Waals surface area contributed by atoms with Crippen LogP contribution < -0.4 is 10.9 Å². The van der Waals surface area contributed by atoms with Crippen molar-refractivity contribution in [1.29, 1.82) is 0 Å². The van der Waals surface area contributed by atoms with Crippen LogP contribution in [-0.2, 0) is 13.1 Å². The summed E-state index contributed by atoms with van der Waals surface area (Å²) in [5.74, 6) is -0.0128. The topological polar surface area (TPSA) is 79.5 Å². The fraction of sp³-hybridized carbons (Fsp3) is 0.133. The smallest absolute Gasteiger partial charge is 0.258 e. The van der Waals surface area contributed by atoms with Crippen molar-refractivity contribution in [2.24, 2.45) is 0 Å². The van der Waals surface area contributed by atoms with E-state index >= 15 is 0 Å². The SMILES string of the molecule is O=c1cc(CNCc2ccccn2)nc2c(O)cccn12. The minimum absolute atomic E-state index is 0.0128. The summed E-state index contributed by atoms with van der Waals surface area (Å²) in [4.78, 5) is 20.5. The second kappa shape index (κ2) is 5.72. The first-order valence-electron chi connectivity index (χ1n) is 6.55. The Morgan fingerprint density at radius 1 is 1.14 bits per heavy atom. The van der Waals surface area contributed by atoms with Crippen molar-refractivity contribution in [3.8, 4) is 5.75 Å². The molecular formula is C15H14N4O2. The van der Waals surface area contributed by atoms with E-state index in [0.29, 0.717) is 18.8 Å². The normalized spacial score (nSPS) is 10.9. The van der Waals surface area contributed by atoms with Gasteiger partial charge in [0.15, 0.2) is 11.4 Å². The highest BCUT2D eigenvalue weighted by molar-refractivity contribution is 5.52. The summed E-state index contributed by atoms with van der Waals surface area (Å²) >= 11 is 0. The van der Waals surface area contributed by atoms with E-state index in [9.17, 15) is 9.90 Å². The molecule has 0 amide bonds. The van der Waals surface area contributed by atoms with Gasteiger partial charge in [-0.3, -0.25) is 14.2 Å². The summed E-state index contributed by atoms with van der Waals surface area (Å²) in [6.45, 7) is 1.01. The Morgan fingerprint density at radius 3 is 2.81 bits per heavy atom. The number of nitrogens with zero attached hydrogens (tertiary/aromatic N) is 3. The molecule has 3 heterocycles. The summed E-state index contributed by atoms with van der Waals surface area (Å²) < 4.78 is 1.32. The van der Waals surface area contributed by atoms with E-state index in [1.165, 1.54) is 16.5 Å². The maximum absolute atomic E-state index is 12.0. The lowest BCUT2D eigenvalue weighted by Crippen LogP contribution is -2.20. The van der Waals surface area contributed by atoms with E-state index in [4.69, 9.17) is 0 Å². The third-order valence-electron chi connectivity index (χ3n) is 3.06. The van der Waals surface area contributed by atoms with Crippen LogP contribution in [-0.4, -0.2) is 19.5 Å². The first kappa shape index (κ1) is 13.3. The van der Waals surface area contributed by atoms with Gasteiger partial charge in [-0.25, -0.2) is 4.98 Å². The zero-order chi connectivity index (χ0) is 14.7. The molecule has 0 saturated carbocycles. The molecule has 0 aliphatic rings. The lowest BCUT2D eigenvalue weighted by atomic mass is 10.3. The van der Waals surface area contributed by atoms with E-state index in [1.54, 1.807) is 18.5 Å². The molecule has 6 nitrogen and oxygen atoms in total. The van der Waals surface area contributed by atoms with Crippen molar-refractivity contribution in [1.82, 2.24) is 19.7 Å². The fourth-order valence-corrected chi connectivity index (χ4v) is 2.07. The van der Waals surface area contributed by atoms with Gasteiger partial charge in [-0.2, -0.15) is 0 Å². The van der Waals surface area contributed by atoms with Crippen molar-refractivity contribution in [3.63, 3.8) is 0 Å². The number of rotatable bonds is 4. The van der Waals surface area contributed by atoms with Gasteiger partial charge in [0.1, 0.15) is 0 Å². The number of aromatic nitrogens is 3. The van der Waals surface area contributed by atoms with Crippen LogP contribution in [0.4, 0.5) is 0 Å². The van der Waals surface area contributed by atoms with Gasteiger partial charge in [0.25, 0.3) is 5.56 Å². The highest BCUT2D eigenvalue weighted by Crippen LogP contribution is 2.13. The molecule has 0 atom stereocenters. The second-order valence-corrected chi connectivity index (χ2v) is 4.60.